The van der Waals surface area contributed by atoms with Crippen molar-refractivity contribution in [1.29, 1.82) is 0 Å². The first-order chi connectivity index (χ1) is 5.09. The SMILES string of the molecule is CC(=O)C1CC(=O)NC(O)N1. The van der Waals surface area contributed by atoms with Gasteiger partial charge < -0.3 is 10.4 Å². The van der Waals surface area contributed by atoms with Crippen molar-refractivity contribution in [1.82, 2.24) is 10.6 Å². The molecule has 0 aromatic heterocycles. The molecule has 1 fully saturated rings. The Morgan fingerprint density at radius 3 is 2.82 bits per heavy atom. The molecule has 2 unspecified atom stereocenters. The zero-order valence-corrected chi connectivity index (χ0v) is 6.13. The minimum atomic E-state index is -1.09. The molecule has 0 aromatic carbocycles. The molecule has 1 amide bonds. The summed E-state index contributed by atoms with van der Waals surface area (Å²) in [6, 6.07) is -0.543. The Kier molecular flexibility index (Phi) is 2.21. The zero-order valence-electron chi connectivity index (χ0n) is 6.13. The monoisotopic (exact) mass is 158 g/mol. The number of amides is 1. The number of aliphatic hydroxyl groups is 1. The van der Waals surface area contributed by atoms with Crippen molar-refractivity contribution < 1.29 is 14.7 Å². The van der Waals surface area contributed by atoms with Crippen LogP contribution >= 0.6 is 0 Å². The number of rotatable bonds is 1. The van der Waals surface area contributed by atoms with E-state index in [-0.39, 0.29) is 18.1 Å². The summed E-state index contributed by atoms with van der Waals surface area (Å²) >= 11 is 0. The molecule has 1 rings (SSSR count). The van der Waals surface area contributed by atoms with Crippen LogP contribution in [0.3, 0.4) is 0 Å². The molecule has 5 heteroatoms. The van der Waals surface area contributed by atoms with Crippen LogP contribution in [-0.2, 0) is 9.59 Å². The first-order valence-electron chi connectivity index (χ1n) is 3.33. The van der Waals surface area contributed by atoms with Crippen molar-refractivity contribution >= 4 is 11.7 Å². The van der Waals surface area contributed by atoms with Crippen LogP contribution in [0.2, 0.25) is 0 Å². The minimum absolute atomic E-state index is 0.104. The normalized spacial score (nSPS) is 31.3. The molecule has 1 saturated heterocycles. The predicted octanol–water partition coefficient (Wildman–Crippen LogP) is -1.67. The Balaban J connectivity index is 2.56. The van der Waals surface area contributed by atoms with Gasteiger partial charge in [0.15, 0.2) is 6.35 Å². The van der Waals surface area contributed by atoms with Gasteiger partial charge in [-0.2, -0.15) is 0 Å². The molecule has 1 aliphatic heterocycles. The van der Waals surface area contributed by atoms with E-state index in [0.717, 1.165) is 0 Å². The number of carbonyl (C=O) groups excluding carboxylic acids is 2. The number of Topliss-reactive ketones (excluding diaryl/α,β-unsaturated/α-hetero) is 1. The third-order valence-electron chi connectivity index (χ3n) is 1.54. The molecule has 0 bridgehead atoms. The Hall–Kier alpha value is -0.940. The Bertz CT molecular complexity index is 192. The lowest BCUT2D eigenvalue weighted by molar-refractivity contribution is -0.134. The largest absolute Gasteiger partial charge is 0.361 e. The van der Waals surface area contributed by atoms with E-state index >= 15 is 0 Å². The van der Waals surface area contributed by atoms with E-state index in [4.69, 9.17) is 5.11 Å². The first-order valence-corrected chi connectivity index (χ1v) is 3.33. The Morgan fingerprint density at radius 2 is 2.36 bits per heavy atom. The molecule has 2 atom stereocenters. The lowest BCUT2D eigenvalue weighted by Crippen LogP contribution is -2.58. The number of nitrogens with one attached hydrogen (secondary N) is 2. The average molecular weight is 158 g/mol. The molecular weight excluding hydrogens is 148 g/mol. The standard InChI is InChI=1S/C6H10N2O3/c1-3(9)4-2-5(10)8-6(11)7-4/h4,6-7,11H,2H2,1H3,(H,8,10). The summed E-state index contributed by atoms with van der Waals surface area (Å²) < 4.78 is 0. The van der Waals surface area contributed by atoms with Gasteiger partial charge in [0.05, 0.1) is 6.04 Å². The van der Waals surface area contributed by atoms with E-state index in [1.54, 1.807) is 0 Å². The van der Waals surface area contributed by atoms with Crippen molar-refractivity contribution in [3.05, 3.63) is 0 Å². The number of ketones is 1. The molecule has 11 heavy (non-hydrogen) atoms. The van der Waals surface area contributed by atoms with Crippen LogP contribution in [-0.4, -0.2) is 29.2 Å². The van der Waals surface area contributed by atoms with Crippen molar-refractivity contribution in [2.75, 3.05) is 0 Å². The van der Waals surface area contributed by atoms with E-state index in [1.165, 1.54) is 6.92 Å². The summed E-state index contributed by atoms with van der Waals surface area (Å²) in [5, 5.41) is 13.6. The predicted molar refractivity (Wildman–Crippen MR) is 36.4 cm³/mol. The summed E-state index contributed by atoms with van der Waals surface area (Å²) in [7, 11) is 0. The summed E-state index contributed by atoms with van der Waals surface area (Å²) in [5.74, 6) is -0.449. The smallest absolute Gasteiger partial charge is 0.225 e. The van der Waals surface area contributed by atoms with Crippen molar-refractivity contribution in [2.45, 2.75) is 25.7 Å². The lowest BCUT2D eigenvalue weighted by atomic mass is 10.1. The molecule has 0 spiro atoms. The van der Waals surface area contributed by atoms with Gasteiger partial charge in [-0.1, -0.05) is 0 Å². The second-order valence-electron chi connectivity index (χ2n) is 2.50. The van der Waals surface area contributed by atoms with Crippen LogP contribution in [0.4, 0.5) is 0 Å². The molecule has 3 N–H and O–H groups in total. The second-order valence-corrected chi connectivity index (χ2v) is 2.50. The van der Waals surface area contributed by atoms with E-state index in [0.29, 0.717) is 0 Å². The molecule has 62 valence electrons. The quantitative estimate of drug-likeness (QED) is 0.426. The van der Waals surface area contributed by atoms with Crippen molar-refractivity contribution in [3.63, 3.8) is 0 Å². The van der Waals surface area contributed by atoms with E-state index in [1.807, 2.05) is 0 Å². The van der Waals surface area contributed by atoms with E-state index < -0.39 is 12.4 Å². The van der Waals surface area contributed by atoms with E-state index in [2.05, 4.69) is 10.6 Å². The topological polar surface area (TPSA) is 78.4 Å². The Morgan fingerprint density at radius 1 is 1.73 bits per heavy atom. The highest BCUT2D eigenvalue weighted by atomic mass is 16.3. The van der Waals surface area contributed by atoms with Gasteiger partial charge in [0.1, 0.15) is 5.78 Å². The molecule has 1 heterocycles. The fourth-order valence-electron chi connectivity index (χ4n) is 0.949. The number of hydrogen-bond acceptors (Lipinski definition) is 4. The van der Waals surface area contributed by atoms with Crippen LogP contribution < -0.4 is 10.6 Å². The average Bonchev–Trinajstić information content (AvgIpc) is 1.85. The molecule has 1 aliphatic rings. The molecule has 0 radical (unpaired) electrons. The van der Waals surface area contributed by atoms with Gasteiger partial charge in [0, 0.05) is 6.42 Å². The van der Waals surface area contributed by atoms with Gasteiger partial charge in [-0.25, -0.2) is 0 Å². The molecule has 0 aliphatic carbocycles. The van der Waals surface area contributed by atoms with Gasteiger partial charge in [0.25, 0.3) is 0 Å². The second kappa shape index (κ2) is 2.98. The number of hydrogen-bond donors (Lipinski definition) is 3. The fourth-order valence-corrected chi connectivity index (χ4v) is 0.949. The summed E-state index contributed by atoms with van der Waals surface area (Å²) in [4.78, 5) is 21.5. The third-order valence-corrected chi connectivity index (χ3v) is 1.54. The molecular formula is C6H10N2O3. The maximum atomic E-state index is 10.7. The van der Waals surface area contributed by atoms with Crippen LogP contribution in [0.1, 0.15) is 13.3 Å². The van der Waals surface area contributed by atoms with Crippen LogP contribution in [0.5, 0.6) is 0 Å². The van der Waals surface area contributed by atoms with E-state index in [9.17, 15) is 9.59 Å². The fraction of sp³-hybridized carbons (Fsp3) is 0.667. The highest BCUT2D eigenvalue weighted by Crippen LogP contribution is 1.99. The first kappa shape index (κ1) is 8.16. The van der Waals surface area contributed by atoms with Crippen molar-refractivity contribution in [2.24, 2.45) is 0 Å². The summed E-state index contributed by atoms with van der Waals surface area (Å²) in [5.41, 5.74) is 0. The third kappa shape index (κ3) is 1.99. The number of aliphatic hydroxyl groups excluding tert-OH is 1. The maximum Gasteiger partial charge on any atom is 0.225 e. The highest BCUT2D eigenvalue weighted by molar-refractivity contribution is 5.89. The summed E-state index contributed by atoms with van der Waals surface area (Å²) in [6.07, 6.45) is -0.989. The van der Waals surface area contributed by atoms with Gasteiger partial charge in [-0.05, 0) is 6.92 Å². The van der Waals surface area contributed by atoms with Crippen molar-refractivity contribution in [3.8, 4) is 0 Å². The van der Waals surface area contributed by atoms with Gasteiger partial charge >= 0.3 is 0 Å². The maximum absolute atomic E-state index is 10.7. The zero-order chi connectivity index (χ0) is 8.43. The molecule has 0 saturated carbocycles. The lowest BCUT2D eigenvalue weighted by Gasteiger charge is -2.26. The number of carbonyl (C=O) groups is 2. The van der Waals surface area contributed by atoms with Gasteiger partial charge in [0.2, 0.25) is 5.91 Å². The summed E-state index contributed by atoms with van der Waals surface area (Å²) in [6.45, 7) is 1.38. The van der Waals surface area contributed by atoms with Gasteiger partial charge in [-0.3, -0.25) is 14.9 Å². The van der Waals surface area contributed by atoms with Crippen LogP contribution in [0.25, 0.3) is 0 Å². The Labute approximate surface area is 63.8 Å². The minimum Gasteiger partial charge on any atom is -0.361 e. The molecule has 5 nitrogen and oxygen atoms in total. The van der Waals surface area contributed by atoms with Crippen LogP contribution in [0, 0.1) is 0 Å². The molecule has 0 aromatic rings. The highest BCUT2D eigenvalue weighted by Gasteiger charge is 2.26. The van der Waals surface area contributed by atoms with Crippen LogP contribution in [0.15, 0.2) is 0 Å². The van der Waals surface area contributed by atoms with Gasteiger partial charge in [-0.15, -0.1) is 0 Å².